The summed E-state index contributed by atoms with van der Waals surface area (Å²) < 4.78 is 11.1. The second kappa shape index (κ2) is 10.1. The van der Waals surface area contributed by atoms with Crippen LogP contribution < -0.4 is 9.47 Å². The zero-order chi connectivity index (χ0) is 21.8. The van der Waals surface area contributed by atoms with Gasteiger partial charge in [-0.2, -0.15) is 0 Å². The van der Waals surface area contributed by atoms with E-state index < -0.39 is 0 Å². The van der Waals surface area contributed by atoms with Gasteiger partial charge < -0.3 is 9.47 Å². The molecular weight excluding hydrogens is 408 g/mol. The van der Waals surface area contributed by atoms with Gasteiger partial charge in [0.05, 0.1) is 25.2 Å². The molecule has 2 aliphatic carbocycles. The van der Waals surface area contributed by atoms with Crippen molar-refractivity contribution in [3.8, 4) is 11.5 Å². The monoisotopic (exact) mass is 442 g/mol. The number of hydrogen-bond acceptors (Lipinski definition) is 5. The molecule has 0 radical (unpaired) electrons. The lowest BCUT2D eigenvalue weighted by Gasteiger charge is -2.31. The molecular formula is C25H34N2O3S. The Morgan fingerprint density at radius 2 is 1.68 bits per heavy atom. The molecule has 168 valence electrons. The number of benzene rings is 1. The second-order valence-corrected chi connectivity index (χ2v) is 9.81. The Morgan fingerprint density at radius 3 is 2.32 bits per heavy atom. The smallest absolute Gasteiger partial charge is 0.267 e. The third-order valence-corrected chi connectivity index (χ3v) is 7.74. The Hall–Kier alpha value is -1.95. The van der Waals surface area contributed by atoms with E-state index in [0.717, 1.165) is 58.4 Å². The van der Waals surface area contributed by atoms with E-state index in [-0.39, 0.29) is 11.9 Å². The summed E-state index contributed by atoms with van der Waals surface area (Å²) in [5, 5.41) is 0.916. The normalized spacial score (nSPS) is 23.7. The molecule has 1 amide bonds. The second-order valence-electron chi connectivity index (χ2n) is 8.80. The number of thioether (sulfide) groups is 1. The Morgan fingerprint density at radius 1 is 1.00 bits per heavy atom. The van der Waals surface area contributed by atoms with Crippen LogP contribution in [0.25, 0.3) is 6.08 Å². The number of rotatable bonds is 5. The molecule has 3 aliphatic rings. The first kappa shape index (κ1) is 22.3. The molecule has 0 atom stereocenters. The van der Waals surface area contributed by atoms with Crippen LogP contribution in [-0.2, 0) is 4.79 Å². The minimum absolute atomic E-state index is 0.0991. The van der Waals surface area contributed by atoms with Gasteiger partial charge in [0.15, 0.2) is 5.17 Å². The van der Waals surface area contributed by atoms with Crippen LogP contribution in [0.1, 0.15) is 75.3 Å². The molecule has 0 bridgehead atoms. The Bertz CT molecular complexity index is 868. The lowest BCUT2D eigenvalue weighted by Crippen LogP contribution is -2.41. The molecule has 4 rings (SSSR count). The van der Waals surface area contributed by atoms with Gasteiger partial charge in [-0.05, 0) is 62.6 Å². The van der Waals surface area contributed by atoms with Crippen LogP contribution in [-0.4, -0.2) is 42.3 Å². The van der Waals surface area contributed by atoms with E-state index in [2.05, 4.69) is 0 Å². The summed E-state index contributed by atoms with van der Waals surface area (Å²) in [5.41, 5.74) is 1.84. The lowest BCUT2D eigenvalue weighted by molar-refractivity contribution is -0.124. The molecule has 6 heteroatoms. The summed E-state index contributed by atoms with van der Waals surface area (Å²) in [4.78, 5) is 21.4. The molecule has 1 aliphatic heterocycles. The van der Waals surface area contributed by atoms with Crippen LogP contribution in [0.15, 0.2) is 22.0 Å². The molecule has 1 aromatic rings. The maximum Gasteiger partial charge on any atom is 0.267 e. The van der Waals surface area contributed by atoms with Gasteiger partial charge in [0.25, 0.3) is 5.91 Å². The van der Waals surface area contributed by atoms with Gasteiger partial charge in [-0.1, -0.05) is 38.5 Å². The quantitative estimate of drug-likeness (QED) is 0.529. The van der Waals surface area contributed by atoms with Crippen molar-refractivity contribution in [2.24, 2.45) is 4.99 Å². The Balaban J connectivity index is 1.68. The predicted octanol–water partition coefficient (Wildman–Crippen LogP) is 5.95. The van der Waals surface area contributed by atoms with Crippen molar-refractivity contribution in [2.75, 3.05) is 14.2 Å². The Labute approximate surface area is 190 Å². The summed E-state index contributed by atoms with van der Waals surface area (Å²) in [6.07, 6.45) is 13.9. The van der Waals surface area contributed by atoms with Crippen molar-refractivity contribution in [3.63, 3.8) is 0 Å². The van der Waals surface area contributed by atoms with Gasteiger partial charge in [0.2, 0.25) is 0 Å². The summed E-state index contributed by atoms with van der Waals surface area (Å²) in [6, 6.07) is 4.53. The van der Waals surface area contributed by atoms with Crippen LogP contribution in [0.2, 0.25) is 0 Å². The maximum absolute atomic E-state index is 13.6. The number of carbonyl (C=O) groups excluding carboxylic acids is 1. The van der Waals surface area contributed by atoms with Crippen molar-refractivity contribution in [2.45, 2.75) is 83.2 Å². The first-order valence-electron chi connectivity index (χ1n) is 11.6. The highest BCUT2D eigenvalue weighted by atomic mass is 32.2. The molecule has 1 heterocycles. The number of carbonyl (C=O) groups is 1. The van der Waals surface area contributed by atoms with Crippen LogP contribution in [0, 0.1) is 6.92 Å². The SMILES string of the molecule is COc1ccc(C=C2SC(=NC3CCCCC3)N(C3CCCCC3)C2=O)c(OC)c1C. The highest BCUT2D eigenvalue weighted by Crippen LogP contribution is 2.40. The average Bonchev–Trinajstić information content (AvgIpc) is 3.10. The molecule has 0 aromatic heterocycles. The van der Waals surface area contributed by atoms with Crippen molar-refractivity contribution in [3.05, 3.63) is 28.2 Å². The van der Waals surface area contributed by atoms with Gasteiger partial charge in [0, 0.05) is 17.2 Å². The van der Waals surface area contributed by atoms with Gasteiger partial charge >= 0.3 is 0 Å². The first-order valence-corrected chi connectivity index (χ1v) is 12.5. The van der Waals surface area contributed by atoms with Crippen LogP contribution >= 0.6 is 11.8 Å². The molecule has 2 saturated carbocycles. The van der Waals surface area contributed by atoms with Crippen molar-refractivity contribution < 1.29 is 14.3 Å². The number of amidine groups is 1. The molecule has 1 saturated heterocycles. The number of nitrogens with zero attached hydrogens (tertiary/aromatic N) is 2. The van der Waals surface area contributed by atoms with E-state index in [0.29, 0.717) is 6.04 Å². The van der Waals surface area contributed by atoms with Crippen molar-refractivity contribution in [1.82, 2.24) is 4.90 Å². The number of amides is 1. The third-order valence-electron chi connectivity index (χ3n) is 6.74. The molecule has 0 spiro atoms. The number of hydrogen-bond donors (Lipinski definition) is 0. The zero-order valence-corrected chi connectivity index (χ0v) is 19.8. The maximum atomic E-state index is 13.6. The average molecular weight is 443 g/mol. The van der Waals surface area contributed by atoms with Crippen molar-refractivity contribution >= 4 is 28.9 Å². The molecule has 0 unspecified atom stereocenters. The largest absolute Gasteiger partial charge is 0.496 e. The summed E-state index contributed by atoms with van der Waals surface area (Å²) in [7, 11) is 3.32. The minimum Gasteiger partial charge on any atom is -0.496 e. The zero-order valence-electron chi connectivity index (χ0n) is 19.0. The molecule has 31 heavy (non-hydrogen) atoms. The Kier molecular flexibility index (Phi) is 7.26. The molecule has 0 N–H and O–H groups in total. The number of methoxy groups -OCH3 is 2. The van der Waals surface area contributed by atoms with Crippen molar-refractivity contribution in [1.29, 1.82) is 0 Å². The van der Waals surface area contributed by atoms with Crippen LogP contribution in [0.4, 0.5) is 0 Å². The van der Waals surface area contributed by atoms with Gasteiger partial charge in [0.1, 0.15) is 11.5 Å². The highest BCUT2D eigenvalue weighted by Gasteiger charge is 2.39. The fourth-order valence-corrected chi connectivity index (χ4v) is 6.15. The van der Waals surface area contributed by atoms with Crippen LogP contribution in [0.3, 0.4) is 0 Å². The fourth-order valence-electron chi connectivity index (χ4n) is 5.05. The first-order chi connectivity index (χ1) is 15.1. The van der Waals surface area contributed by atoms with Gasteiger partial charge in [-0.15, -0.1) is 0 Å². The summed E-state index contributed by atoms with van der Waals surface area (Å²) >= 11 is 1.54. The van der Waals surface area contributed by atoms with E-state index in [1.165, 1.54) is 38.5 Å². The molecule has 1 aromatic carbocycles. The fraction of sp³-hybridized carbons (Fsp3) is 0.600. The highest BCUT2D eigenvalue weighted by molar-refractivity contribution is 8.18. The summed E-state index contributed by atoms with van der Waals surface area (Å²) in [5.74, 6) is 1.64. The molecule has 5 nitrogen and oxygen atoms in total. The van der Waals surface area contributed by atoms with E-state index in [4.69, 9.17) is 14.5 Å². The minimum atomic E-state index is 0.0991. The van der Waals surface area contributed by atoms with Gasteiger partial charge in [-0.3, -0.25) is 14.7 Å². The number of aliphatic imine (C=N–C) groups is 1. The van der Waals surface area contributed by atoms with Gasteiger partial charge in [-0.25, -0.2) is 0 Å². The predicted molar refractivity (Wildman–Crippen MR) is 128 cm³/mol. The van der Waals surface area contributed by atoms with E-state index >= 15 is 0 Å². The molecule has 3 fully saturated rings. The summed E-state index contributed by atoms with van der Waals surface area (Å²) in [6.45, 7) is 1.98. The number of ether oxygens (including phenoxy) is 2. The third kappa shape index (κ3) is 4.79. The topological polar surface area (TPSA) is 51.1 Å². The standard InChI is InChI=1S/C25H34N2O3S/c1-17-21(29-2)15-14-18(23(17)30-3)16-22-24(28)27(20-12-8-5-9-13-20)25(31-22)26-19-10-6-4-7-11-19/h14-16,19-20H,4-13H2,1-3H3. The van der Waals surface area contributed by atoms with E-state index in [1.54, 1.807) is 26.0 Å². The van der Waals surface area contributed by atoms with E-state index in [1.807, 2.05) is 30.0 Å². The van der Waals surface area contributed by atoms with Crippen LogP contribution in [0.5, 0.6) is 11.5 Å². The lowest BCUT2D eigenvalue weighted by atomic mass is 9.94. The van der Waals surface area contributed by atoms with E-state index in [9.17, 15) is 4.79 Å².